The number of nitrogens with two attached hydrogens (primary N) is 1. The highest BCUT2D eigenvalue weighted by molar-refractivity contribution is 5.83. The summed E-state index contributed by atoms with van der Waals surface area (Å²) < 4.78 is 39.7. The molecule has 0 spiro atoms. The molecule has 0 amide bonds. The maximum Gasteiger partial charge on any atom is 0.401 e. The lowest BCUT2D eigenvalue weighted by atomic mass is 9.85. The number of halogens is 3. The molecule has 3 N–H and O–H groups in total. The van der Waals surface area contributed by atoms with Crippen LogP contribution < -0.4 is 5.73 Å². The van der Waals surface area contributed by atoms with Gasteiger partial charge < -0.3 is 5.73 Å². The smallest absolute Gasteiger partial charge is 0.397 e. The maximum absolute atomic E-state index is 13.2. The summed E-state index contributed by atoms with van der Waals surface area (Å²) in [5.74, 6) is 0. The maximum atomic E-state index is 13.2. The second-order valence-corrected chi connectivity index (χ2v) is 6.72. The van der Waals surface area contributed by atoms with Crippen LogP contribution in [0.5, 0.6) is 0 Å². The predicted molar refractivity (Wildman–Crippen MR) is 92.5 cm³/mol. The van der Waals surface area contributed by atoms with E-state index < -0.39 is 18.8 Å². The summed E-state index contributed by atoms with van der Waals surface area (Å²) in [7, 11) is 0. The number of hydrogen-bond acceptors (Lipinski definition) is 4. The number of alkyl halides is 3. The van der Waals surface area contributed by atoms with Gasteiger partial charge in [-0.05, 0) is 42.7 Å². The van der Waals surface area contributed by atoms with E-state index in [1.807, 2.05) is 19.1 Å². The van der Waals surface area contributed by atoms with E-state index in [4.69, 9.17) is 5.73 Å². The largest absolute Gasteiger partial charge is 0.401 e. The van der Waals surface area contributed by atoms with E-state index in [2.05, 4.69) is 15.2 Å². The monoisotopic (exact) mass is 361 g/mol. The zero-order chi connectivity index (χ0) is 18.5. The third kappa shape index (κ3) is 2.90. The van der Waals surface area contributed by atoms with Crippen molar-refractivity contribution in [3.63, 3.8) is 0 Å². The fourth-order valence-corrected chi connectivity index (χ4v) is 3.78. The molecule has 3 heterocycles. The molecular formula is C18H18F3N5. The van der Waals surface area contributed by atoms with Crippen LogP contribution in [-0.4, -0.2) is 38.8 Å². The van der Waals surface area contributed by atoms with Gasteiger partial charge in [-0.3, -0.25) is 15.0 Å². The molecule has 0 unspecified atom stereocenters. The molecule has 136 valence electrons. The molecule has 5 nitrogen and oxygen atoms in total. The van der Waals surface area contributed by atoms with E-state index in [-0.39, 0.29) is 6.04 Å². The summed E-state index contributed by atoms with van der Waals surface area (Å²) in [5, 5.41) is 7.94. The Morgan fingerprint density at radius 3 is 2.73 bits per heavy atom. The Morgan fingerprint density at radius 1 is 1.23 bits per heavy atom. The summed E-state index contributed by atoms with van der Waals surface area (Å²) in [6, 6.07) is 6.21. The number of pyridine rings is 1. The van der Waals surface area contributed by atoms with E-state index >= 15 is 0 Å². The zero-order valence-corrected chi connectivity index (χ0v) is 14.1. The summed E-state index contributed by atoms with van der Waals surface area (Å²) >= 11 is 0. The fourth-order valence-electron chi connectivity index (χ4n) is 3.78. The first-order chi connectivity index (χ1) is 12.3. The summed E-state index contributed by atoms with van der Waals surface area (Å²) in [4.78, 5) is 5.79. The number of benzene rings is 1. The van der Waals surface area contributed by atoms with E-state index in [0.29, 0.717) is 17.8 Å². The molecule has 1 aromatic carbocycles. The van der Waals surface area contributed by atoms with Crippen molar-refractivity contribution in [1.82, 2.24) is 20.1 Å². The first-order valence-electron chi connectivity index (χ1n) is 8.32. The van der Waals surface area contributed by atoms with Gasteiger partial charge in [-0.1, -0.05) is 6.07 Å². The van der Waals surface area contributed by atoms with Crippen LogP contribution in [0.25, 0.3) is 10.9 Å². The number of rotatable bonds is 2. The lowest BCUT2D eigenvalue weighted by molar-refractivity contribution is -0.155. The number of nitrogens with zero attached hydrogens (tertiary/aromatic N) is 3. The first-order valence-corrected chi connectivity index (χ1v) is 8.32. The molecule has 0 radical (unpaired) electrons. The van der Waals surface area contributed by atoms with Crippen LogP contribution in [0.15, 0.2) is 36.7 Å². The van der Waals surface area contributed by atoms with Crippen molar-refractivity contribution in [2.45, 2.75) is 31.6 Å². The lowest BCUT2D eigenvalue weighted by Crippen LogP contribution is -2.47. The highest BCUT2D eigenvalue weighted by Crippen LogP contribution is 2.41. The average molecular weight is 361 g/mol. The molecule has 0 bridgehead atoms. The summed E-state index contributed by atoms with van der Waals surface area (Å²) in [6.45, 7) is 0.825. The van der Waals surface area contributed by atoms with Crippen LogP contribution >= 0.6 is 0 Å². The Labute approximate surface area is 148 Å². The first kappa shape index (κ1) is 16.8. The minimum atomic E-state index is -4.29. The molecule has 1 aliphatic rings. The van der Waals surface area contributed by atoms with Gasteiger partial charge in [0.2, 0.25) is 0 Å². The number of nitrogen functional groups attached to an aromatic ring is 1. The molecular weight excluding hydrogens is 343 g/mol. The van der Waals surface area contributed by atoms with Crippen LogP contribution in [0.3, 0.4) is 0 Å². The van der Waals surface area contributed by atoms with Crippen molar-refractivity contribution >= 4 is 16.6 Å². The van der Waals surface area contributed by atoms with E-state index in [9.17, 15) is 13.2 Å². The Bertz CT molecular complexity index is 932. The van der Waals surface area contributed by atoms with Gasteiger partial charge in [0.25, 0.3) is 0 Å². The van der Waals surface area contributed by atoms with Crippen LogP contribution in [0, 0.1) is 0 Å². The van der Waals surface area contributed by atoms with Crippen molar-refractivity contribution in [3.8, 4) is 0 Å². The van der Waals surface area contributed by atoms with Crippen molar-refractivity contribution in [2.24, 2.45) is 0 Å². The van der Waals surface area contributed by atoms with Gasteiger partial charge in [0.1, 0.15) is 0 Å². The Hall–Kier alpha value is -2.61. The van der Waals surface area contributed by atoms with E-state index in [0.717, 1.165) is 22.0 Å². The Balaban J connectivity index is 1.89. The second-order valence-electron chi connectivity index (χ2n) is 6.72. The number of H-pyrrole nitrogens is 1. The topological polar surface area (TPSA) is 70.8 Å². The van der Waals surface area contributed by atoms with Crippen LogP contribution in [0.1, 0.15) is 29.8 Å². The van der Waals surface area contributed by atoms with Crippen molar-refractivity contribution in [2.75, 3.05) is 12.3 Å². The van der Waals surface area contributed by atoms with Crippen molar-refractivity contribution < 1.29 is 13.2 Å². The van der Waals surface area contributed by atoms with Gasteiger partial charge in [0.05, 0.1) is 41.9 Å². The van der Waals surface area contributed by atoms with Crippen LogP contribution in [0.2, 0.25) is 0 Å². The number of aromatic nitrogens is 3. The minimum Gasteiger partial charge on any atom is -0.397 e. The molecule has 4 rings (SSSR count). The molecule has 2 aromatic heterocycles. The molecule has 8 heteroatoms. The van der Waals surface area contributed by atoms with Gasteiger partial charge >= 0.3 is 6.18 Å². The van der Waals surface area contributed by atoms with Gasteiger partial charge in [-0.2, -0.15) is 18.3 Å². The number of fused-ring (bicyclic) bond motifs is 3. The molecule has 1 aliphatic heterocycles. The molecule has 0 aliphatic carbocycles. The molecule has 0 saturated carbocycles. The number of nitrogens with one attached hydrogen (secondary N) is 1. The molecule has 26 heavy (non-hydrogen) atoms. The molecule has 0 saturated heterocycles. The molecule has 2 atom stereocenters. The van der Waals surface area contributed by atoms with Crippen molar-refractivity contribution in [3.05, 3.63) is 53.5 Å². The Kier molecular flexibility index (Phi) is 3.87. The lowest BCUT2D eigenvalue weighted by Gasteiger charge is -2.42. The third-order valence-corrected chi connectivity index (χ3v) is 4.92. The van der Waals surface area contributed by atoms with Crippen molar-refractivity contribution in [1.29, 1.82) is 0 Å². The predicted octanol–water partition coefficient (Wildman–Crippen LogP) is 3.44. The SMILES string of the molecule is C[C@@H]1Cc2c(ccc3[nH]ncc23)[C@@H](c2ccc(N)cn2)N1CC(F)(F)F. The number of hydrogen-bond donors (Lipinski definition) is 2. The quantitative estimate of drug-likeness (QED) is 0.734. The average Bonchev–Trinajstić information content (AvgIpc) is 3.05. The van der Waals surface area contributed by atoms with Crippen LogP contribution in [-0.2, 0) is 6.42 Å². The highest BCUT2D eigenvalue weighted by atomic mass is 19.4. The highest BCUT2D eigenvalue weighted by Gasteiger charge is 2.41. The van der Waals surface area contributed by atoms with Gasteiger partial charge in [-0.15, -0.1) is 0 Å². The summed E-state index contributed by atoms with van der Waals surface area (Å²) in [5.41, 5.74) is 9.47. The number of anilines is 1. The van der Waals surface area contributed by atoms with Crippen LogP contribution in [0.4, 0.5) is 18.9 Å². The van der Waals surface area contributed by atoms with Gasteiger partial charge in [0.15, 0.2) is 0 Å². The zero-order valence-electron chi connectivity index (χ0n) is 14.1. The van der Waals surface area contributed by atoms with E-state index in [1.54, 1.807) is 18.3 Å². The standard InChI is InChI=1S/C18H18F3N5/c1-10-6-13-12(3-5-15-14(13)8-24-25-15)17(26(10)9-18(19,20)21)16-4-2-11(22)7-23-16/h2-5,7-8,10,17H,6,9,22H2,1H3,(H,24,25)/t10-,17+/m1/s1. The van der Waals surface area contributed by atoms with E-state index in [1.165, 1.54) is 11.1 Å². The van der Waals surface area contributed by atoms with Gasteiger partial charge in [0, 0.05) is 11.4 Å². The number of aromatic amines is 1. The molecule has 0 fully saturated rings. The van der Waals surface area contributed by atoms with Gasteiger partial charge in [-0.25, -0.2) is 0 Å². The summed E-state index contributed by atoms with van der Waals surface area (Å²) in [6.07, 6.45) is -0.560. The minimum absolute atomic E-state index is 0.297. The molecule has 3 aromatic rings. The second kappa shape index (κ2) is 5.98. The fraction of sp³-hybridized carbons (Fsp3) is 0.333. The third-order valence-electron chi connectivity index (χ3n) is 4.92. The Morgan fingerprint density at radius 2 is 2.04 bits per heavy atom. The normalized spacial score (nSPS) is 21.1.